The van der Waals surface area contributed by atoms with Crippen molar-refractivity contribution in [2.24, 2.45) is 0 Å². The van der Waals surface area contributed by atoms with Crippen molar-refractivity contribution >= 4 is 16.0 Å². The van der Waals surface area contributed by atoms with Gasteiger partial charge in [-0.25, -0.2) is 0 Å². The molecule has 0 aromatic heterocycles. The smallest absolute Gasteiger partial charge is 0.267 e. The molecule has 8 heteroatoms. The van der Waals surface area contributed by atoms with E-state index in [1.165, 1.54) is 102 Å². The molecule has 4 N–H and O–H groups in total. The lowest BCUT2D eigenvalue weighted by Crippen LogP contribution is -2.50. The van der Waals surface area contributed by atoms with Crippen LogP contribution in [0.3, 0.4) is 0 Å². The van der Waals surface area contributed by atoms with Crippen LogP contribution in [0, 0.1) is 0 Å². The van der Waals surface area contributed by atoms with Crippen LogP contribution in [-0.2, 0) is 14.9 Å². The summed E-state index contributed by atoms with van der Waals surface area (Å²) in [7, 11) is -4.42. The lowest BCUT2D eigenvalue weighted by atomic mass is 10.0. The van der Waals surface area contributed by atoms with E-state index >= 15 is 0 Å². The second-order valence-corrected chi connectivity index (χ2v) is 13.1. The molecule has 3 atom stereocenters. The summed E-state index contributed by atoms with van der Waals surface area (Å²) in [4.78, 5) is 12.5. The average molecular weight is 590 g/mol. The number of carbonyl (C=O) groups excluding carboxylic acids is 1. The van der Waals surface area contributed by atoms with E-state index in [1.807, 2.05) is 0 Å². The second-order valence-electron chi connectivity index (χ2n) is 11.6. The number of amides is 1. The predicted molar refractivity (Wildman–Crippen MR) is 167 cm³/mol. The summed E-state index contributed by atoms with van der Waals surface area (Å²) < 4.78 is 32.1. The first-order valence-electron chi connectivity index (χ1n) is 16.5. The lowest BCUT2D eigenvalue weighted by Gasteiger charge is -2.22. The maximum absolute atomic E-state index is 12.5. The normalized spacial score (nSPS) is 14.4. The Hall–Kier alpha value is -0.960. The van der Waals surface area contributed by atoms with E-state index in [0.29, 0.717) is 6.42 Å². The first-order chi connectivity index (χ1) is 19.2. The zero-order chi connectivity index (χ0) is 29.9. The molecule has 3 unspecified atom stereocenters. The van der Waals surface area contributed by atoms with Gasteiger partial charge in [0.25, 0.3) is 10.1 Å². The molecular weight excluding hydrogens is 526 g/mol. The number of allylic oxidation sites excluding steroid dienone is 1. The molecule has 0 saturated heterocycles. The fraction of sp³-hybridized carbons (Fsp3) is 0.906. The van der Waals surface area contributed by atoms with Crippen molar-refractivity contribution in [2.75, 3.05) is 5.75 Å². The van der Waals surface area contributed by atoms with Gasteiger partial charge in [-0.2, -0.15) is 8.42 Å². The number of hydrogen-bond acceptors (Lipinski definition) is 5. The monoisotopic (exact) mass is 589 g/mol. The molecule has 0 aliphatic carbocycles. The van der Waals surface area contributed by atoms with Gasteiger partial charge in [0, 0.05) is 0 Å². The van der Waals surface area contributed by atoms with Crippen molar-refractivity contribution in [3.8, 4) is 0 Å². The summed E-state index contributed by atoms with van der Waals surface area (Å²) in [6.45, 7) is 4.42. The second kappa shape index (κ2) is 26.9. The summed E-state index contributed by atoms with van der Waals surface area (Å²) in [5, 5.41) is 23.1. The van der Waals surface area contributed by atoms with Gasteiger partial charge in [0.2, 0.25) is 5.91 Å². The standard InChI is InChI=1S/C32H63NO6S/c1-3-5-7-9-11-13-14-15-16-17-18-19-21-23-25-27-31(35)32(36)33-29(28-40(37,38)39)30(34)26-24-22-20-12-10-8-6-4-2/h24,26,29-31,34-35H,3-23,25,27-28H2,1-2H3,(H,33,36)(H,37,38,39)/b26-24+. The van der Waals surface area contributed by atoms with Gasteiger partial charge in [-0.3, -0.25) is 9.35 Å². The number of nitrogens with one attached hydrogen (secondary N) is 1. The highest BCUT2D eigenvalue weighted by molar-refractivity contribution is 7.85. The molecule has 0 aliphatic rings. The van der Waals surface area contributed by atoms with E-state index in [-0.39, 0.29) is 6.42 Å². The van der Waals surface area contributed by atoms with Crippen molar-refractivity contribution in [2.45, 2.75) is 180 Å². The number of aliphatic hydroxyl groups is 2. The molecular formula is C32H63NO6S. The molecule has 0 aromatic rings. The summed E-state index contributed by atoms with van der Waals surface area (Å²) in [5.41, 5.74) is 0. The van der Waals surface area contributed by atoms with E-state index in [2.05, 4.69) is 19.2 Å². The maximum Gasteiger partial charge on any atom is 0.267 e. The van der Waals surface area contributed by atoms with Crippen molar-refractivity contribution in [3.05, 3.63) is 12.2 Å². The first-order valence-corrected chi connectivity index (χ1v) is 18.1. The van der Waals surface area contributed by atoms with Gasteiger partial charge in [0.15, 0.2) is 0 Å². The Morgan fingerprint density at radius 1 is 0.675 bits per heavy atom. The minimum atomic E-state index is -4.42. The molecule has 0 rings (SSSR count). The molecule has 0 fully saturated rings. The zero-order valence-corrected chi connectivity index (χ0v) is 26.6. The molecule has 0 aliphatic heterocycles. The van der Waals surface area contributed by atoms with Crippen LogP contribution in [0.15, 0.2) is 12.2 Å². The Kier molecular flexibility index (Phi) is 26.3. The van der Waals surface area contributed by atoms with Gasteiger partial charge in [0.05, 0.1) is 17.9 Å². The van der Waals surface area contributed by atoms with Gasteiger partial charge < -0.3 is 15.5 Å². The zero-order valence-electron chi connectivity index (χ0n) is 25.8. The molecule has 0 heterocycles. The molecule has 0 aromatic carbocycles. The number of aliphatic hydroxyl groups excluding tert-OH is 2. The minimum Gasteiger partial charge on any atom is -0.387 e. The van der Waals surface area contributed by atoms with Crippen LogP contribution in [0.1, 0.15) is 162 Å². The predicted octanol–water partition coefficient (Wildman–Crippen LogP) is 7.65. The van der Waals surface area contributed by atoms with Gasteiger partial charge in [-0.15, -0.1) is 0 Å². The Morgan fingerprint density at radius 3 is 1.50 bits per heavy atom. The van der Waals surface area contributed by atoms with Crippen LogP contribution < -0.4 is 5.32 Å². The summed E-state index contributed by atoms with van der Waals surface area (Å²) in [5.74, 6) is -1.53. The van der Waals surface area contributed by atoms with E-state index in [9.17, 15) is 28.0 Å². The van der Waals surface area contributed by atoms with Gasteiger partial charge >= 0.3 is 0 Å². The molecule has 0 bridgehead atoms. The third-order valence-corrected chi connectivity index (χ3v) is 8.35. The van der Waals surface area contributed by atoms with Crippen molar-refractivity contribution < 1.29 is 28.0 Å². The molecule has 40 heavy (non-hydrogen) atoms. The van der Waals surface area contributed by atoms with E-state index < -0.39 is 40.0 Å². The third kappa shape index (κ3) is 26.0. The number of carbonyl (C=O) groups is 1. The Labute approximate surface area is 246 Å². The molecule has 7 nitrogen and oxygen atoms in total. The van der Waals surface area contributed by atoms with E-state index in [1.54, 1.807) is 6.08 Å². The van der Waals surface area contributed by atoms with E-state index in [0.717, 1.165) is 38.5 Å². The van der Waals surface area contributed by atoms with E-state index in [4.69, 9.17) is 0 Å². The molecule has 0 spiro atoms. The topological polar surface area (TPSA) is 124 Å². The average Bonchev–Trinajstić information content (AvgIpc) is 2.90. The SMILES string of the molecule is CCCCCCCC/C=C/C(O)C(CS(=O)(=O)O)NC(=O)C(O)CCCCCCCCCCCCCCCCC. The summed E-state index contributed by atoms with van der Waals surface area (Å²) >= 11 is 0. The summed E-state index contributed by atoms with van der Waals surface area (Å²) in [6, 6.07) is -1.22. The van der Waals surface area contributed by atoms with Gasteiger partial charge in [-0.05, 0) is 19.3 Å². The molecule has 0 radical (unpaired) electrons. The highest BCUT2D eigenvalue weighted by atomic mass is 32.2. The van der Waals surface area contributed by atoms with Crippen LogP contribution in [0.25, 0.3) is 0 Å². The lowest BCUT2D eigenvalue weighted by molar-refractivity contribution is -0.130. The number of rotatable bonds is 29. The summed E-state index contributed by atoms with van der Waals surface area (Å²) in [6.07, 6.45) is 27.1. The van der Waals surface area contributed by atoms with Crippen LogP contribution in [0.5, 0.6) is 0 Å². The highest BCUT2D eigenvalue weighted by Crippen LogP contribution is 2.14. The van der Waals surface area contributed by atoms with Crippen LogP contribution >= 0.6 is 0 Å². The van der Waals surface area contributed by atoms with Crippen LogP contribution in [0.4, 0.5) is 0 Å². The van der Waals surface area contributed by atoms with Crippen molar-refractivity contribution in [1.82, 2.24) is 5.32 Å². The molecule has 238 valence electrons. The quantitative estimate of drug-likeness (QED) is 0.0404. The molecule has 1 amide bonds. The maximum atomic E-state index is 12.5. The fourth-order valence-corrected chi connectivity index (χ4v) is 5.72. The number of hydrogen-bond donors (Lipinski definition) is 4. The highest BCUT2D eigenvalue weighted by Gasteiger charge is 2.27. The van der Waals surface area contributed by atoms with Crippen molar-refractivity contribution in [3.63, 3.8) is 0 Å². The first kappa shape index (κ1) is 39.0. The third-order valence-electron chi connectivity index (χ3n) is 7.57. The Morgan fingerprint density at radius 2 is 1.07 bits per heavy atom. The largest absolute Gasteiger partial charge is 0.387 e. The van der Waals surface area contributed by atoms with Gasteiger partial charge in [-0.1, -0.05) is 154 Å². The van der Waals surface area contributed by atoms with Crippen LogP contribution in [0.2, 0.25) is 0 Å². The molecule has 0 saturated carbocycles. The minimum absolute atomic E-state index is 0.284. The van der Waals surface area contributed by atoms with Crippen LogP contribution in [-0.4, -0.2) is 53.1 Å². The Bertz CT molecular complexity index is 712. The fourth-order valence-electron chi connectivity index (χ4n) is 4.98. The Balaban J connectivity index is 4.09. The number of unbranched alkanes of at least 4 members (excludes halogenated alkanes) is 20. The van der Waals surface area contributed by atoms with Crippen molar-refractivity contribution in [1.29, 1.82) is 0 Å². The van der Waals surface area contributed by atoms with Gasteiger partial charge in [0.1, 0.15) is 6.10 Å².